The van der Waals surface area contributed by atoms with Crippen molar-refractivity contribution in [1.29, 1.82) is 0 Å². The van der Waals surface area contributed by atoms with Crippen molar-refractivity contribution in [3.8, 4) is 0 Å². The van der Waals surface area contributed by atoms with Crippen molar-refractivity contribution in [3.05, 3.63) is 0 Å². The molecule has 5 nitrogen and oxygen atoms in total. The average molecular weight is 257 g/mol. The molecule has 1 aliphatic rings. The van der Waals surface area contributed by atoms with Crippen LogP contribution in [-0.2, 0) is 14.3 Å². The highest BCUT2D eigenvalue weighted by molar-refractivity contribution is 5.87. The van der Waals surface area contributed by atoms with E-state index in [-0.39, 0.29) is 18.6 Å². The first kappa shape index (κ1) is 15.0. The van der Waals surface area contributed by atoms with Gasteiger partial charge in [0, 0.05) is 0 Å². The normalized spacial score (nSPS) is 19.4. The fourth-order valence-electron chi connectivity index (χ4n) is 2.32. The molecule has 1 saturated carbocycles. The molecule has 0 saturated heterocycles. The van der Waals surface area contributed by atoms with Crippen LogP contribution in [0.25, 0.3) is 0 Å². The number of carbonyl (C=O) groups excluding carboxylic acids is 1. The number of carboxylic acids is 1. The standard InChI is InChI=1S/C13H23NO4/c1-3-8-13(2,12(16)17)14-11(15)9-18-10-6-4-5-7-10/h10H,3-9H2,1-2H3,(H,14,15)(H,16,17). The Morgan fingerprint density at radius 2 is 2.00 bits per heavy atom. The van der Waals surface area contributed by atoms with Crippen LogP contribution in [-0.4, -0.2) is 35.2 Å². The highest BCUT2D eigenvalue weighted by Crippen LogP contribution is 2.20. The molecule has 1 atom stereocenters. The van der Waals surface area contributed by atoms with Crippen molar-refractivity contribution in [2.45, 2.75) is 64.0 Å². The van der Waals surface area contributed by atoms with Crippen molar-refractivity contribution >= 4 is 11.9 Å². The monoisotopic (exact) mass is 257 g/mol. The van der Waals surface area contributed by atoms with Gasteiger partial charge in [-0.3, -0.25) is 4.79 Å². The zero-order chi connectivity index (χ0) is 13.6. The first-order valence-corrected chi connectivity index (χ1v) is 6.64. The number of ether oxygens (including phenoxy) is 1. The lowest BCUT2D eigenvalue weighted by Crippen LogP contribution is -2.53. The molecule has 5 heteroatoms. The quantitative estimate of drug-likeness (QED) is 0.728. The van der Waals surface area contributed by atoms with Gasteiger partial charge in [-0.05, 0) is 26.2 Å². The minimum atomic E-state index is -1.19. The van der Waals surface area contributed by atoms with E-state index in [9.17, 15) is 9.59 Å². The summed E-state index contributed by atoms with van der Waals surface area (Å²) in [7, 11) is 0. The van der Waals surface area contributed by atoms with Crippen LogP contribution in [0.4, 0.5) is 0 Å². The van der Waals surface area contributed by atoms with Gasteiger partial charge < -0.3 is 15.2 Å². The van der Waals surface area contributed by atoms with Gasteiger partial charge in [0.25, 0.3) is 0 Å². The highest BCUT2D eigenvalue weighted by Gasteiger charge is 2.33. The van der Waals surface area contributed by atoms with Gasteiger partial charge in [0.1, 0.15) is 12.1 Å². The SMILES string of the molecule is CCCC(C)(NC(=O)COC1CCCC1)C(=O)O. The number of nitrogens with one attached hydrogen (secondary N) is 1. The summed E-state index contributed by atoms with van der Waals surface area (Å²) in [5.74, 6) is -1.35. The van der Waals surface area contributed by atoms with Gasteiger partial charge in [-0.25, -0.2) is 4.79 Å². The first-order chi connectivity index (χ1) is 8.48. The van der Waals surface area contributed by atoms with Crippen LogP contribution >= 0.6 is 0 Å². The third-order valence-electron chi connectivity index (χ3n) is 3.39. The molecule has 1 fully saturated rings. The number of hydrogen-bond donors (Lipinski definition) is 2. The molecule has 18 heavy (non-hydrogen) atoms. The van der Waals surface area contributed by atoms with Crippen molar-refractivity contribution in [1.82, 2.24) is 5.32 Å². The van der Waals surface area contributed by atoms with Crippen molar-refractivity contribution < 1.29 is 19.4 Å². The van der Waals surface area contributed by atoms with Gasteiger partial charge in [-0.15, -0.1) is 0 Å². The summed E-state index contributed by atoms with van der Waals surface area (Å²) in [5, 5.41) is 11.7. The Labute approximate surface area is 108 Å². The summed E-state index contributed by atoms with van der Waals surface area (Å²) < 4.78 is 5.46. The molecule has 104 valence electrons. The molecule has 0 aliphatic heterocycles. The zero-order valence-corrected chi connectivity index (χ0v) is 11.2. The minimum absolute atomic E-state index is 0.0444. The van der Waals surface area contributed by atoms with Gasteiger partial charge in [-0.1, -0.05) is 26.2 Å². The lowest BCUT2D eigenvalue weighted by molar-refractivity contribution is -0.148. The van der Waals surface area contributed by atoms with E-state index in [1.807, 2.05) is 6.92 Å². The van der Waals surface area contributed by atoms with Crippen LogP contribution in [0.15, 0.2) is 0 Å². The second kappa shape index (κ2) is 6.73. The number of carboxylic acid groups (broad SMARTS) is 1. The lowest BCUT2D eigenvalue weighted by atomic mass is 9.96. The van der Waals surface area contributed by atoms with Gasteiger partial charge in [0.05, 0.1) is 6.10 Å². The minimum Gasteiger partial charge on any atom is -0.480 e. The fraction of sp³-hybridized carbons (Fsp3) is 0.846. The number of carbonyl (C=O) groups is 2. The molecular weight excluding hydrogens is 234 g/mol. The third-order valence-corrected chi connectivity index (χ3v) is 3.39. The molecule has 0 aromatic carbocycles. The summed E-state index contributed by atoms with van der Waals surface area (Å²) >= 11 is 0. The van der Waals surface area contributed by atoms with Crippen molar-refractivity contribution in [2.24, 2.45) is 0 Å². The second-order valence-corrected chi connectivity index (χ2v) is 5.15. The van der Waals surface area contributed by atoms with E-state index in [1.165, 1.54) is 6.92 Å². The average Bonchev–Trinajstić information content (AvgIpc) is 2.79. The predicted octanol–water partition coefficient (Wildman–Crippen LogP) is 1.71. The second-order valence-electron chi connectivity index (χ2n) is 5.15. The first-order valence-electron chi connectivity index (χ1n) is 6.64. The molecule has 0 aromatic rings. The molecule has 0 heterocycles. The van der Waals surface area contributed by atoms with E-state index in [0.29, 0.717) is 12.8 Å². The summed E-state index contributed by atoms with van der Waals surface area (Å²) in [6, 6.07) is 0. The van der Waals surface area contributed by atoms with E-state index >= 15 is 0 Å². The van der Waals surface area contributed by atoms with Gasteiger partial charge in [-0.2, -0.15) is 0 Å². The number of hydrogen-bond acceptors (Lipinski definition) is 3. The van der Waals surface area contributed by atoms with Crippen molar-refractivity contribution in [3.63, 3.8) is 0 Å². The molecule has 1 amide bonds. The van der Waals surface area contributed by atoms with E-state index in [1.54, 1.807) is 0 Å². The van der Waals surface area contributed by atoms with Crippen LogP contribution in [0.2, 0.25) is 0 Å². The van der Waals surface area contributed by atoms with Crippen LogP contribution in [0.1, 0.15) is 52.4 Å². The van der Waals surface area contributed by atoms with Crippen LogP contribution in [0, 0.1) is 0 Å². The predicted molar refractivity (Wildman–Crippen MR) is 67.3 cm³/mol. The Kier molecular flexibility index (Phi) is 5.59. The molecule has 2 N–H and O–H groups in total. The lowest BCUT2D eigenvalue weighted by Gasteiger charge is -2.26. The Morgan fingerprint density at radius 3 is 2.50 bits per heavy atom. The highest BCUT2D eigenvalue weighted by atomic mass is 16.5. The number of rotatable bonds is 7. The maximum absolute atomic E-state index is 11.7. The molecule has 0 aromatic heterocycles. The van der Waals surface area contributed by atoms with E-state index in [0.717, 1.165) is 25.7 Å². The van der Waals surface area contributed by atoms with Gasteiger partial charge in [0.2, 0.25) is 5.91 Å². The van der Waals surface area contributed by atoms with E-state index < -0.39 is 11.5 Å². The molecule has 1 unspecified atom stereocenters. The smallest absolute Gasteiger partial charge is 0.329 e. The van der Waals surface area contributed by atoms with Crippen LogP contribution in [0.5, 0.6) is 0 Å². The number of amides is 1. The third kappa shape index (κ3) is 4.29. The topological polar surface area (TPSA) is 75.6 Å². The Morgan fingerprint density at radius 1 is 1.39 bits per heavy atom. The molecule has 1 aliphatic carbocycles. The van der Waals surface area contributed by atoms with Crippen molar-refractivity contribution in [2.75, 3.05) is 6.61 Å². The van der Waals surface area contributed by atoms with E-state index in [2.05, 4.69) is 5.32 Å². The van der Waals surface area contributed by atoms with E-state index in [4.69, 9.17) is 9.84 Å². The fourth-order valence-corrected chi connectivity index (χ4v) is 2.32. The van der Waals surface area contributed by atoms with Gasteiger partial charge >= 0.3 is 5.97 Å². The largest absolute Gasteiger partial charge is 0.480 e. The summed E-state index contributed by atoms with van der Waals surface area (Å²) in [6.07, 6.45) is 5.57. The molecule has 0 spiro atoms. The Hall–Kier alpha value is -1.10. The van der Waals surface area contributed by atoms with Crippen LogP contribution in [0.3, 0.4) is 0 Å². The Bertz CT molecular complexity index is 299. The Balaban J connectivity index is 2.38. The summed E-state index contributed by atoms with van der Waals surface area (Å²) in [4.78, 5) is 22.8. The summed E-state index contributed by atoms with van der Waals surface area (Å²) in [6.45, 7) is 3.38. The summed E-state index contributed by atoms with van der Waals surface area (Å²) in [5.41, 5.74) is -1.19. The van der Waals surface area contributed by atoms with Gasteiger partial charge in [0.15, 0.2) is 0 Å². The number of aliphatic carboxylic acids is 1. The van der Waals surface area contributed by atoms with Crippen LogP contribution < -0.4 is 5.32 Å². The molecular formula is C13H23NO4. The maximum Gasteiger partial charge on any atom is 0.329 e. The molecule has 0 bridgehead atoms. The molecule has 0 radical (unpaired) electrons. The zero-order valence-electron chi connectivity index (χ0n) is 11.2. The maximum atomic E-state index is 11.7. The molecule has 1 rings (SSSR count).